The normalized spacial score (nSPS) is 16.1. The molecule has 1 aromatic rings. The lowest BCUT2D eigenvalue weighted by Crippen LogP contribution is -2.43. The standard InChI is InChI=1S/C15H23N3O3S.C4H4O4/c1-16-9-11-17(2)15(19)18-10-8-14(12-18)22(20,21)13-6-4-3-5-7-13;5-3(6)1-2-4(7)8/h3-7,14,16H,8-12H2,1-2H3;1-2H,(H,5,6)(H,7,8)/b;2-1-. The summed E-state index contributed by atoms with van der Waals surface area (Å²) in [6.07, 6.45) is 1.60. The van der Waals surface area contributed by atoms with E-state index in [9.17, 15) is 22.8 Å². The smallest absolute Gasteiger partial charge is 0.328 e. The zero-order chi connectivity index (χ0) is 22.7. The van der Waals surface area contributed by atoms with Gasteiger partial charge in [-0.2, -0.15) is 0 Å². The van der Waals surface area contributed by atoms with Crippen molar-refractivity contribution >= 4 is 27.8 Å². The summed E-state index contributed by atoms with van der Waals surface area (Å²) in [5.41, 5.74) is 0. The van der Waals surface area contributed by atoms with E-state index >= 15 is 0 Å². The number of sulfone groups is 1. The molecule has 1 unspecified atom stereocenters. The minimum atomic E-state index is -3.37. The number of carboxylic acid groups (broad SMARTS) is 2. The van der Waals surface area contributed by atoms with Crippen LogP contribution in [0.5, 0.6) is 0 Å². The molecule has 1 fully saturated rings. The number of rotatable bonds is 7. The molecular weight excluding hydrogens is 414 g/mol. The van der Waals surface area contributed by atoms with E-state index in [2.05, 4.69) is 5.32 Å². The van der Waals surface area contributed by atoms with Gasteiger partial charge in [-0.1, -0.05) is 18.2 Å². The molecular formula is C19H27N3O7S. The minimum absolute atomic E-state index is 0.110. The van der Waals surface area contributed by atoms with Crippen LogP contribution in [0, 0.1) is 0 Å². The molecule has 0 saturated carbocycles. The first-order chi connectivity index (χ1) is 14.1. The number of benzene rings is 1. The lowest BCUT2D eigenvalue weighted by molar-refractivity contribution is -0.134. The average molecular weight is 442 g/mol. The maximum Gasteiger partial charge on any atom is 0.328 e. The predicted octanol–water partition coefficient (Wildman–Crippen LogP) is 0.518. The van der Waals surface area contributed by atoms with E-state index in [0.29, 0.717) is 43.1 Å². The van der Waals surface area contributed by atoms with E-state index in [0.717, 1.165) is 0 Å². The van der Waals surface area contributed by atoms with Gasteiger partial charge in [-0.3, -0.25) is 0 Å². The summed E-state index contributed by atoms with van der Waals surface area (Å²) in [6.45, 7) is 2.06. The number of amides is 2. The summed E-state index contributed by atoms with van der Waals surface area (Å²) >= 11 is 0. The molecule has 0 bridgehead atoms. The first-order valence-electron chi connectivity index (χ1n) is 9.17. The fraction of sp³-hybridized carbons (Fsp3) is 0.421. The zero-order valence-electron chi connectivity index (χ0n) is 16.9. The molecule has 10 nitrogen and oxygen atoms in total. The van der Waals surface area contributed by atoms with Gasteiger partial charge in [0.2, 0.25) is 0 Å². The Bertz CT molecular complexity index is 840. The third-order valence-electron chi connectivity index (χ3n) is 4.32. The van der Waals surface area contributed by atoms with Crippen LogP contribution in [0.15, 0.2) is 47.4 Å². The molecule has 0 spiro atoms. The molecule has 0 radical (unpaired) electrons. The Morgan fingerprint density at radius 2 is 1.73 bits per heavy atom. The van der Waals surface area contributed by atoms with Crippen molar-refractivity contribution in [3.63, 3.8) is 0 Å². The second kappa shape index (κ2) is 11.9. The molecule has 30 heavy (non-hydrogen) atoms. The number of carbonyl (C=O) groups excluding carboxylic acids is 1. The lowest BCUT2D eigenvalue weighted by Gasteiger charge is -2.24. The Labute approximate surface area is 175 Å². The van der Waals surface area contributed by atoms with Crippen LogP contribution in [0.1, 0.15) is 6.42 Å². The summed E-state index contributed by atoms with van der Waals surface area (Å²) in [5.74, 6) is -2.51. The van der Waals surface area contributed by atoms with Crippen molar-refractivity contribution in [2.45, 2.75) is 16.6 Å². The van der Waals surface area contributed by atoms with E-state index in [1.54, 1.807) is 47.2 Å². The van der Waals surface area contributed by atoms with Gasteiger partial charge in [-0.25, -0.2) is 22.8 Å². The maximum atomic E-state index is 12.6. The molecule has 1 heterocycles. The number of likely N-dealkylation sites (tertiary alicyclic amines) is 1. The third kappa shape index (κ3) is 7.84. The lowest BCUT2D eigenvalue weighted by atomic mass is 10.4. The Kier molecular flexibility index (Phi) is 9.99. The number of nitrogens with zero attached hydrogens (tertiary/aromatic N) is 2. The van der Waals surface area contributed by atoms with Crippen LogP contribution in [0.25, 0.3) is 0 Å². The van der Waals surface area contributed by atoms with Gasteiger partial charge in [0.25, 0.3) is 0 Å². The SMILES string of the molecule is CNCCN(C)C(=O)N1CCC(S(=O)(=O)c2ccccc2)C1.O=C(O)/C=C\C(=O)O. The molecule has 11 heteroatoms. The maximum absolute atomic E-state index is 12.6. The highest BCUT2D eigenvalue weighted by atomic mass is 32.2. The third-order valence-corrected chi connectivity index (χ3v) is 6.51. The number of carbonyl (C=O) groups is 3. The Morgan fingerprint density at radius 1 is 1.17 bits per heavy atom. The summed E-state index contributed by atoms with van der Waals surface area (Å²) in [6, 6.07) is 8.34. The van der Waals surface area contributed by atoms with Crippen molar-refractivity contribution < 1.29 is 33.0 Å². The first kappa shape index (κ1) is 25.1. The van der Waals surface area contributed by atoms with Crippen LogP contribution in [0.4, 0.5) is 4.79 Å². The van der Waals surface area contributed by atoms with Crippen molar-refractivity contribution in [1.82, 2.24) is 15.1 Å². The predicted molar refractivity (Wildman–Crippen MR) is 110 cm³/mol. The Hall–Kier alpha value is -2.92. The highest BCUT2D eigenvalue weighted by molar-refractivity contribution is 7.92. The fourth-order valence-electron chi connectivity index (χ4n) is 2.72. The van der Waals surface area contributed by atoms with Crippen LogP contribution in [-0.2, 0) is 19.4 Å². The Balaban J connectivity index is 0.000000479. The van der Waals surface area contributed by atoms with Gasteiger partial charge in [0.05, 0.1) is 10.1 Å². The quantitative estimate of drug-likeness (QED) is 0.519. The van der Waals surface area contributed by atoms with E-state index in [4.69, 9.17) is 10.2 Å². The first-order valence-corrected chi connectivity index (χ1v) is 10.7. The number of nitrogens with one attached hydrogen (secondary N) is 1. The van der Waals surface area contributed by atoms with Gasteiger partial charge < -0.3 is 25.3 Å². The minimum Gasteiger partial charge on any atom is -0.478 e. The second-order valence-corrected chi connectivity index (χ2v) is 8.76. The van der Waals surface area contributed by atoms with Crippen LogP contribution in [0.3, 0.4) is 0 Å². The van der Waals surface area contributed by atoms with E-state index in [-0.39, 0.29) is 12.6 Å². The van der Waals surface area contributed by atoms with Crippen molar-refractivity contribution in [3.05, 3.63) is 42.5 Å². The van der Waals surface area contributed by atoms with Crippen LogP contribution < -0.4 is 5.32 Å². The number of hydrogen-bond donors (Lipinski definition) is 3. The number of aliphatic carboxylic acids is 2. The molecule has 1 aromatic carbocycles. The van der Waals surface area contributed by atoms with E-state index in [1.807, 2.05) is 7.05 Å². The van der Waals surface area contributed by atoms with Crippen molar-refractivity contribution in [2.75, 3.05) is 40.3 Å². The largest absolute Gasteiger partial charge is 0.478 e. The van der Waals surface area contributed by atoms with E-state index < -0.39 is 27.0 Å². The van der Waals surface area contributed by atoms with Gasteiger partial charge in [-0.15, -0.1) is 0 Å². The van der Waals surface area contributed by atoms with Gasteiger partial charge >= 0.3 is 18.0 Å². The molecule has 1 atom stereocenters. The van der Waals surface area contributed by atoms with Crippen LogP contribution >= 0.6 is 0 Å². The van der Waals surface area contributed by atoms with Crippen LogP contribution in [-0.4, -0.2) is 91.9 Å². The number of likely N-dealkylation sites (N-methyl/N-ethyl adjacent to an activating group) is 2. The summed E-state index contributed by atoms with van der Waals surface area (Å²) in [7, 11) is 0.192. The Morgan fingerprint density at radius 3 is 2.23 bits per heavy atom. The van der Waals surface area contributed by atoms with Gasteiger partial charge in [-0.05, 0) is 25.6 Å². The molecule has 1 aliphatic heterocycles. The summed E-state index contributed by atoms with van der Waals surface area (Å²) < 4.78 is 25.2. The molecule has 2 rings (SSSR count). The van der Waals surface area contributed by atoms with Crippen molar-refractivity contribution in [2.24, 2.45) is 0 Å². The zero-order valence-corrected chi connectivity index (χ0v) is 17.7. The molecule has 3 N–H and O–H groups in total. The van der Waals surface area contributed by atoms with Gasteiger partial charge in [0.15, 0.2) is 9.84 Å². The van der Waals surface area contributed by atoms with Crippen LogP contribution in [0.2, 0.25) is 0 Å². The number of urea groups is 1. The topological polar surface area (TPSA) is 144 Å². The molecule has 0 aliphatic carbocycles. The number of hydrogen-bond acceptors (Lipinski definition) is 6. The summed E-state index contributed by atoms with van der Waals surface area (Å²) in [5, 5.41) is 18.1. The highest BCUT2D eigenvalue weighted by Gasteiger charge is 2.36. The monoisotopic (exact) mass is 441 g/mol. The fourth-order valence-corrected chi connectivity index (χ4v) is 4.43. The highest BCUT2D eigenvalue weighted by Crippen LogP contribution is 2.24. The average Bonchev–Trinajstić information content (AvgIpc) is 3.22. The molecule has 1 saturated heterocycles. The van der Waals surface area contributed by atoms with Gasteiger partial charge in [0, 0.05) is 45.4 Å². The second-order valence-electron chi connectivity index (χ2n) is 6.53. The van der Waals surface area contributed by atoms with Crippen molar-refractivity contribution in [1.29, 1.82) is 0 Å². The van der Waals surface area contributed by atoms with E-state index in [1.165, 1.54) is 0 Å². The number of carboxylic acids is 2. The molecule has 2 amide bonds. The summed E-state index contributed by atoms with van der Waals surface area (Å²) in [4.78, 5) is 35.0. The molecule has 166 valence electrons. The van der Waals surface area contributed by atoms with Gasteiger partial charge in [0.1, 0.15) is 0 Å². The molecule has 1 aliphatic rings. The van der Waals surface area contributed by atoms with Crippen molar-refractivity contribution in [3.8, 4) is 0 Å². The molecule has 0 aromatic heterocycles.